The van der Waals surface area contributed by atoms with Crippen LogP contribution in [0.3, 0.4) is 0 Å². The summed E-state index contributed by atoms with van der Waals surface area (Å²) in [6, 6.07) is 1.41. The average Bonchev–Trinajstić information content (AvgIpc) is 2.52. The molecule has 0 aromatic carbocycles. The van der Waals surface area contributed by atoms with E-state index < -0.39 is 16.7 Å². The first-order valence-corrected chi connectivity index (χ1v) is 6.21. The molecule has 14 heavy (non-hydrogen) atoms. The van der Waals surface area contributed by atoms with E-state index in [-0.39, 0.29) is 18.1 Å². The number of rotatable bonds is 5. The molecule has 0 aliphatic heterocycles. The minimum atomic E-state index is -3.69. The summed E-state index contributed by atoms with van der Waals surface area (Å²) >= 11 is 1.22. The van der Waals surface area contributed by atoms with Crippen molar-refractivity contribution in [2.45, 2.75) is 11.5 Å². The predicted octanol–water partition coefficient (Wildman–Crippen LogP) is 0.882. The maximum atomic E-state index is 11.7. The second kappa shape index (κ2) is 4.83. The van der Waals surface area contributed by atoms with Gasteiger partial charge in [0, 0.05) is 0 Å². The van der Waals surface area contributed by atoms with Gasteiger partial charge in [-0.15, -0.1) is 11.3 Å². The minimum absolute atomic E-state index is 0.0397. The summed E-state index contributed by atoms with van der Waals surface area (Å²) in [5.74, 6) is 0. The zero-order valence-corrected chi connectivity index (χ0v) is 8.91. The number of hydrogen-bond acceptors (Lipinski definition) is 4. The van der Waals surface area contributed by atoms with Crippen molar-refractivity contribution >= 4 is 21.4 Å². The van der Waals surface area contributed by atoms with Crippen LogP contribution in [0, 0.1) is 0 Å². The number of nitrogens with two attached hydrogens (primary N) is 1. The van der Waals surface area contributed by atoms with Crippen molar-refractivity contribution in [3.63, 3.8) is 0 Å². The van der Waals surface area contributed by atoms with E-state index in [1.807, 2.05) is 0 Å². The zero-order valence-electron chi connectivity index (χ0n) is 7.27. The summed E-state index contributed by atoms with van der Waals surface area (Å²) in [4.78, 5) is 0.558. The molecular formula is C7H10FNO3S2. The van der Waals surface area contributed by atoms with E-state index in [9.17, 15) is 12.8 Å². The van der Waals surface area contributed by atoms with Gasteiger partial charge >= 0.3 is 0 Å². The van der Waals surface area contributed by atoms with Crippen LogP contribution in [0.2, 0.25) is 0 Å². The monoisotopic (exact) mass is 239 g/mol. The maximum absolute atomic E-state index is 11.7. The fourth-order valence-electron chi connectivity index (χ4n) is 0.907. The van der Waals surface area contributed by atoms with Crippen LogP contribution in [0.4, 0.5) is 4.39 Å². The summed E-state index contributed by atoms with van der Waals surface area (Å²) in [6.07, 6.45) is 0. The molecule has 0 unspecified atom stereocenters. The fourth-order valence-corrected chi connectivity index (χ4v) is 2.82. The molecule has 0 aliphatic rings. The molecule has 1 aromatic rings. The zero-order chi connectivity index (χ0) is 10.6. The third-order valence-electron chi connectivity index (χ3n) is 1.47. The van der Waals surface area contributed by atoms with Gasteiger partial charge in [-0.3, -0.25) is 0 Å². The van der Waals surface area contributed by atoms with Crippen LogP contribution in [0.15, 0.2) is 16.3 Å². The Hall–Kier alpha value is -0.500. The smallest absolute Gasteiger partial charge is 0.239 e. The van der Waals surface area contributed by atoms with Gasteiger partial charge in [-0.05, 0) is 11.4 Å². The molecule has 2 N–H and O–H groups in total. The molecule has 0 aliphatic carbocycles. The van der Waals surface area contributed by atoms with Crippen molar-refractivity contribution in [1.82, 2.24) is 0 Å². The second-order valence-electron chi connectivity index (χ2n) is 2.49. The molecule has 0 fully saturated rings. The van der Waals surface area contributed by atoms with Crippen LogP contribution < -0.4 is 5.14 Å². The first-order chi connectivity index (χ1) is 6.55. The van der Waals surface area contributed by atoms with E-state index in [1.54, 1.807) is 5.38 Å². The van der Waals surface area contributed by atoms with Gasteiger partial charge in [0.05, 0.1) is 23.0 Å². The second-order valence-corrected chi connectivity index (χ2v) is 5.03. The van der Waals surface area contributed by atoms with Crippen LogP contribution in [-0.2, 0) is 21.4 Å². The summed E-state index contributed by atoms with van der Waals surface area (Å²) < 4.78 is 38.6. The van der Waals surface area contributed by atoms with Gasteiger partial charge in [-0.25, -0.2) is 17.9 Å². The quantitative estimate of drug-likeness (QED) is 0.775. The molecule has 0 spiro atoms. The molecule has 0 saturated heterocycles. The van der Waals surface area contributed by atoms with Crippen molar-refractivity contribution in [1.29, 1.82) is 0 Å². The van der Waals surface area contributed by atoms with E-state index in [0.29, 0.717) is 4.88 Å². The lowest BCUT2D eigenvalue weighted by Crippen LogP contribution is -2.13. The Morgan fingerprint density at radius 1 is 1.57 bits per heavy atom. The molecule has 4 nitrogen and oxygen atoms in total. The highest BCUT2D eigenvalue weighted by atomic mass is 32.2. The van der Waals surface area contributed by atoms with Crippen molar-refractivity contribution in [3.05, 3.63) is 16.3 Å². The lowest BCUT2D eigenvalue weighted by molar-refractivity contribution is 0.107. The standard InChI is InChI=1S/C7H10FNO3S2/c8-2-3-12-5-6-7(1-4-13-6)14(9,10)11/h1,4H,2-3,5H2,(H2,9,10,11). The molecule has 80 valence electrons. The highest BCUT2D eigenvalue weighted by molar-refractivity contribution is 7.89. The molecule has 0 amide bonds. The third-order valence-corrected chi connectivity index (χ3v) is 3.48. The minimum Gasteiger partial charge on any atom is -0.373 e. The third kappa shape index (κ3) is 3.02. The first kappa shape index (κ1) is 11.6. The Labute approximate surface area is 85.5 Å². The van der Waals surface area contributed by atoms with Crippen LogP contribution >= 0.6 is 11.3 Å². The van der Waals surface area contributed by atoms with Crippen LogP contribution in [0.1, 0.15) is 4.88 Å². The van der Waals surface area contributed by atoms with Gasteiger partial charge in [0.1, 0.15) is 6.67 Å². The number of sulfonamides is 1. The molecule has 0 saturated carbocycles. The molecule has 1 aromatic heterocycles. The van der Waals surface area contributed by atoms with Gasteiger partial charge in [-0.1, -0.05) is 0 Å². The lowest BCUT2D eigenvalue weighted by atomic mass is 10.5. The van der Waals surface area contributed by atoms with Crippen LogP contribution in [0.5, 0.6) is 0 Å². The molecular weight excluding hydrogens is 229 g/mol. The fraction of sp³-hybridized carbons (Fsp3) is 0.429. The number of primary sulfonamides is 1. The number of hydrogen-bond donors (Lipinski definition) is 1. The van der Waals surface area contributed by atoms with Crippen LogP contribution in [-0.4, -0.2) is 21.7 Å². The molecule has 0 atom stereocenters. The van der Waals surface area contributed by atoms with Crippen LogP contribution in [0.25, 0.3) is 0 Å². The van der Waals surface area contributed by atoms with E-state index in [2.05, 4.69) is 0 Å². The van der Waals surface area contributed by atoms with Crippen molar-refractivity contribution in [3.8, 4) is 0 Å². The Morgan fingerprint density at radius 2 is 2.29 bits per heavy atom. The highest BCUT2D eigenvalue weighted by Gasteiger charge is 2.14. The number of halogens is 1. The topological polar surface area (TPSA) is 69.4 Å². The Balaban J connectivity index is 2.74. The first-order valence-electron chi connectivity index (χ1n) is 3.78. The van der Waals surface area contributed by atoms with E-state index >= 15 is 0 Å². The number of thiophene rings is 1. The van der Waals surface area contributed by atoms with Gasteiger partial charge in [-0.2, -0.15) is 0 Å². The number of alkyl halides is 1. The van der Waals surface area contributed by atoms with Gasteiger partial charge in [0.2, 0.25) is 10.0 Å². The summed E-state index contributed by atoms with van der Waals surface area (Å²) in [7, 11) is -3.69. The van der Waals surface area contributed by atoms with E-state index in [0.717, 1.165) is 0 Å². The van der Waals surface area contributed by atoms with E-state index in [4.69, 9.17) is 9.88 Å². The van der Waals surface area contributed by atoms with Gasteiger partial charge in [0.15, 0.2) is 0 Å². The highest BCUT2D eigenvalue weighted by Crippen LogP contribution is 2.21. The summed E-state index contributed by atoms with van der Waals surface area (Å²) in [5, 5.41) is 6.56. The lowest BCUT2D eigenvalue weighted by Gasteiger charge is -2.01. The summed E-state index contributed by atoms with van der Waals surface area (Å²) in [6.45, 7) is -0.550. The van der Waals surface area contributed by atoms with Crippen molar-refractivity contribution in [2.24, 2.45) is 5.14 Å². The normalized spacial score (nSPS) is 11.9. The van der Waals surface area contributed by atoms with Crippen molar-refractivity contribution < 1.29 is 17.5 Å². The SMILES string of the molecule is NS(=O)(=O)c1ccsc1COCCF. The molecule has 0 bridgehead atoms. The Bertz CT molecular complexity index is 387. The molecule has 1 heterocycles. The average molecular weight is 239 g/mol. The van der Waals surface area contributed by atoms with Gasteiger partial charge < -0.3 is 4.74 Å². The number of ether oxygens (including phenoxy) is 1. The predicted molar refractivity (Wildman–Crippen MR) is 51.3 cm³/mol. The van der Waals surface area contributed by atoms with Gasteiger partial charge in [0.25, 0.3) is 0 Å². The summed E-state index contributed by atoms with van der Waals surface area (Å²) in [5.41, 5.74) is 0. The maximum Gasteiger partial charge on any atom is 0.239 e. The molecule has 7 heteroatoms. The molecule has 1 rings (SSSR count). The van der Waals surface area contributed by atoms with E-state index in [1.165, 1.54) is 17.4 Å². The Kier molecular flexibility index (Phi) is 3.99. The van der Waals surface area contributed by atoms with Crippen molar-refractivity contribution in [2.75, 3.05) is 13.3 Å². The largest absolute Gasteiger partial charge is 0.373 e. The Morgan fingerprint density at radius 3 is 2.86 bits per heavy atom. The molecule has 0 radical (unpaired) electrons.